The zero-order valence-corrected chi connectivity index (χ0v) is 12.7. The van der Waals surface area contributed by atoms with Crippen LogP contribution in [-0.4, -0.2) is 14.5 Å². The quantitative estimate of drug-likeness (QED) is 0.925. The van der Waals surface area contributed by atoms with Crippen molar-refractivity contribution in [3.8, 4) is 0 Å². The summed E-state index contributed by atoms with van der Waals surface area (Å²) < 4.78 is 27.5. The van der Waals surface area contributed by atoms with Crippen LogP contribution < -0.4 is 4.72 Å². The summed E-state index contributed by atoms with van der Waals surface area (Å²) in [6.45, 7) is 6.63. The fourth-order valence-electron chi connectivity index (χ4n) is 3.32. The molecule has 0 radical (unpaired) electrons. The Hall–Kier alpha value is -0.870. The summed E-state index contributed by atoms with van der Waals surface area (Å²) in [7, 11) is -3.38. The molecular formula is C15H23NO2S. The van der Waals surface area contributed by atoms with Crippen LogP contribution in [0.4, 0.5) is 0 Å². The maximum atomic E-state index is 12.3. The topological polar surface area (TPSA) is 46.2 Å². The van der Waals surface area contributed by atoms with Gasteiger partial charge in [0.05, 0.1) is 4.90 Å². The summed E-state index contributed by atoms with van der Waals surface area (Å²) in [6.07, 6.45) is 3.00. The highest BCUT2D eigenvalue weighted by atomic mass is 32.2. The highest BCUT2D eigenvalue weighted by Crippen LogP contribution is 2.38. The lowest BCUT2D eigenvalue weighted by molar-refractivity contribution is 0.163. The minimum Gasteiger partial charge on any atom is -0.208 e. The molecule has 2 unspecified atom stereocenters. The van der Waals surface area contributed by atoms with Crippen LogP contribution in [-0.2, 0) is 10.0 Å². The Bertz CT molecular complexity index is 522. The van der Waals surface area contributed by atoms with E-state index < -0.39 is 10.0 Å². The first kappa shape index (κ1) is 14.5. The highest BCUT2D eigenvalue weighted by molar-refractivity contribution is 7.89. The molecule has 0 bridgehead atoms. The second-order valence-corrected chi connectivity index (χ2v) is 8.26. The van der Waals surface area contributed by atoms with Crippen LogP contribution in [0.25, 0.3) is 0 Å². The van der Waals surface area contributed by atoms with E-state index in [0.29, 0.717) is 10.8 Å². The van der Waals surface area contributed by atoms with E-state index in [4.69, 9.17) is 0 Å². The van der Waals surface area contributed by atoms with Crippen molar-refractivity contribution in [2.75, 3.05) is 0 Å². The molecule has 2 atom stereocenters. The number of benzene rings is 1. The molecule has 1 fully saturated rings. The molecular weight excluding hydrogens is 258 g/mol. The number of hydrogen-bond donors (Lipinski definition) is 1. The molecule has 0 heterocycles. The van der Waals surface area contributed by atoms with Gasteiger partial charge in [-0.3, -0.25) is 0 Å². The molecule has 1 aliphatic rings. The summed E-state index contributed by atoms with van der Waals surface area (Å²) in [5.41, 5.74) is 0.210. The molecule has 106 valence electrons. The molecule has 0 spiro atoms. The Kier molecular flexibility index (Phi) is 4.02. The van der Waals surface area contributed by atoms with Crippen molar-refractivity contribution in [2.45, 2.75) is 51.0 Å². The number of nitrogens with one attached hydrogen (secondary N) is 1. The Labute approximate surface area is 116 Å². The molecule has 1 aromatic rings. The van der Waals surface area contributed by atoms with Crippen LogP contribution in [0.15, 0.2) is 35.2 Å². The van der Waals surface area contributed by atoms with Gasteiger partial charge in [0.25, 0.3) is 0 Å². The molecule has 3 nitrogen and oxygen atoms in total. The fraction of sp³-hybridized carbons (Fsp3) is 0.600. The van der Waals surface area contributed by atoms with Crippen LogP contribution in [0.3, 0.4) is 0 Å². The molecule has 4 heteroatoms. The third-order valence-electron chi connectivity index (χ3n) is 3.76. The van der Waals surface area contributed by atoms with Crippen LogP contribution >= 0.6 is 0 Å². The van der Waals surface area contributed by atoms with Crippen molar-refractivity contribution in [1.29, 1.82) is 0 Å². The van der Waals surface area contributed by atoms with Crippen LogP contribution in [0.1, 0.15) is 40.0 Å². The average Bonchev–Trinajstić information content (AvgIpc) is 2.26. The van der Waals surface area contributed by atoms with Gasteiger partial charge in [-0.1, -0.05) is 39.0 Å². The van der Waals surface area contributed by atoms with Gasteiger partial charge < -0.3 is 0 Å². The molecule has 19 heavy (non-hydrogen) atoms. The van der Waals surface area contributed by atoms with E-state index in [1.54, 1.807) is 24.3 Å². The molecule has 1 aliphatic carbocycles. The predicted molar refractivity (Wildman–Crippen MR) is 77.3 cm³/mol. The van der Waals surface area contributed by atoms with Crippen LogP contribution in [0.5, 0.6) is 0 Å². The molecule has 2 rings (SSSR count). The monoisotopic (exact) mass is 281 g/mol. The molecule has 1 saturated carbocycles. The third kappa shape index (κ3) is 3.80. The number of sulfonamides is 1. The smallest absolute Gasteiger partial charge is 0.208 e. The summed E-state index contributed by atoms with van der Waals surface area (Å²) in [4.78, 5) is 0.353. The SMILES string of the molecule is CC1CC(NS(=O)(=O)c2ccccc2)CC(C)(C)C1. The number of rotatable bonds is 3. The number of hydrogen-bond acceptors (Lipinski definition) is 2. The Morgan fingerprint density at radius 2 is 1.79 bits per heavy atom. The van der Waals surface area contributed by atoms with Gasteiger partial charge in [0.2, 0.25) is 10.0 Å². The first-order valence-electron chi connectivity index (χ1n) is 6.86. The summed E-state index contributed by atoms with van der Waals surface area (Å²) in [5.74, 6) is 0.562. The standard InChI is InChI=1S/C15H23NO2S/c1-12-9-13(11-15(2,3)10-12)16-19(17,18)14-7-5-4-6-8-14/h4-8,12-13,16H,9-11H2,1-3H3. The van der Waals surface area contributed by atoms with E-state index in [9.17, 15) is 8.42 Å². The summed E-state index contributed by atoms with van der Waals surface area (Å²) in [6, 6.07) is 8.65. The fourth-order valence-corrected chi connectivity index (χ4v) is 4.59. The first-order chi connectivity index (χ1) is 8.78. The maximum Gasteiger partial charge on any atom is 0.240 e. The van der Waals surface area contributed by atoms with Crippen molar-refractivity contribution in [2.24, 2.45) is 11.3 Å². The Balaban J connectivity index is 2.13. The van der Waals surface area contributed by atoms with Crippen molar-refractivity contribution < 1.29 is 8.42 Å². The second kappa shape index (κ2) is 5.25. The predicted octanol–water partition coefficient (Wildman–Crippen LogP) is 3.18. The largest absolute Gasteiger partial charge is 0.240 e. The van der Waals surface area contributed by atoms with Crippen molar-refractivity contribution in [3.05, 3.63) is 30.3 Å². The first-order valence-corrected chi connectivity index (χ1v) is 8.34. The Morgan fingerprint density at radius 3 is 2.37 bits per heavy atom. The van der Waals surface area contributed by atoms with Crippen molar-refractivity contribution in [1.82, 2.24) is 4.72 Å². The van der Waals surface area contributed by atoms with Gasteiger partial charge in [-0.15, -0.1) is 0 Å². The van der Waals surface area contributed by atoms with Gasteiger partial charge in [0.15, 0.2) is 0 Å². The molecule has 1 N–H and O–H groups in total. The van der Waals surface area contributed by atoms with Gasteiger partial charge in [-0.2, -0.15) is 0 Å². The molecule has 0 amide bonds. The van der Waals surface area contributed by atoms with Crippen LogP contribution in [0, 0.1) is 11.3 Å². The van der Waals surface area contributed by atoms with Gasteiger partial charge >= 0.3 is 0 Å². The van der Waals surface area contributed by atoms with E-state index in [1.165, 1.54) is 0 Å². The van der Waals surface area contributed by atoms with Crippen molar-refractivity contribution >= 4 is 10.0 Å². The zero-order valence-electron chi connectivity index (χ0n) is 11.9. The van der Waals surface area contributed by atoms with E-state index in [2.05, 4.69) is 25.5 Å². The van der Waals surface area contributed by atoms with Crippen molar-refractivity contribution in [3.63, 3.8) is 0 Å². The zero-order chi connectivity index (χ0) is 14.1. The van der Waals surface area contributed by atoms with Gasteiger partial charge in [-0.25, -0.2) is 13.1 Å². The lowest BCUT2D eigenvalue weighted by Crippen LogP contribution is -2.42. The van der Waals surface area contributed by atoms with E-state index in [1.807, 2.05) is 6.07 Å². The molecule has 0 saturated heterocycles. The van der Waals surface area contributed by atoms with Gasteiger partial charge in [0.1, 0.15) is 0 Å². The van der Waals surface area contributed by atoms with E-state index >= 15 is 0 Å². The molecule has 1 aromatic carbocycles. The summed E-state index contributed by atoms with van der Waals surface area (Å²) in [5, 5.41) is 0. The normalized spacial score (nSPS) is 27.1. The van der Waals surface area contributed by atoms with Crippen LogP contribution in [0.2, 0.25) is 0 Å². The second-order valence-electron chi connectivity index (χ2n) is 6.54. The molecule has 0 aliphatic heterocycles. The lowest BCUT2D eigenvalue weighted by Gasteiger charge is -2.39. The molecule has 0 aromatic heterocycles. The summed E-state index contributed by atoms with van der Waals surface area (Å²) >= 11 is 0. The maximum absolute atomic E-state index is 12.3. The van der Waals surface area contributed by atoms with E-state index in [0.717, 1.165) is 19.3 Å². The lowest BCUT2D eigenvalue weighted by atomic mass is 9.71. The minimum atomic E-state index is -3.38. The Morgan fingerprint density at radius 1 is 1.16 bits per heavy atom. The minimum absolute atomic E-state index is 0.0453. The average molecular weight is 281 g/mol. The van der Waals surface area contributed by atoms with Gasteiger partial charge in [-0.05, 0) is 42.7 Å². The highest BCUT2D eigenvalue weighted by Gasteiger charge is 2.34. The third-order valence-corrected chi connectivity index (χ3v) is 5.30. The van der Waals surface area contributed by atoms with Gasteiger partial charge in [0, 0.05) is 6.04 Å². The van der Waals surface area contributed by atoms with E-state index in [-0.39, 0.29) is 11.5 Å².